The van der Waals surface area contributed by atoms with Gasteiger partial charge in [0.15, 0.2) is 0 Å². The number of hydrogen-bond acceptors (Lipinski definition) is 1. The zero-order valence-electron chi connectivity index (χ0n) is 8.92. The van der Waals surface area contributed by atoms with E-state index in [9.17, 15) is 5.11 Å². The molecule has 0 aromatic carbocycles. The third kappa shape index (κ3) is 3.15. The third-order valence-electron chi connectivity index (χ3n) is 3.07. The van der Waals surface area contributed by atoms with Crippen molar-refractivity contribution in [3.63, 3.8) is 0 Å². The van der Waals surface area contributed by atoms with Crippen LogP contribution in [0, 0.1) is 5.92 Å². The first-order chi connectivity index (χ1) is 6.25. The molecule has 0 spiro atoms. The molecule has 0 saturated carbocycles. The molecule has 0 aromatic heterocycles. The summed E-state index contributed by atoms with van der Waals surface area (Å²) in [5.74, 6) is 0.389. The number of aliphatic hydroxyl groups is 1. The molecule has 0 bridgehead atoms. The molecule has 2 atom stereocenters. The van der Waals surface area contributed by atoms with Crippen molar-refractivity contribution in [3.8, 4) is 0 Å². The Hall–Kier alpha value is -0.300. The maximum Gasteiger partial charge on any atom is 0.0602 e. The van der Waals surface area contributed by atoms with E-state index in [1.165, 1.54) is 31.3 Å². The summed E-state index contributed by atoms with van der Waals surface area (Å²) >= 11 is 0. The summed E-state index contributed by atoms with van der Waals surface area (Å²) in [5, 5.41) is 9.83. The average molecular weight is 182 g/mol. The Bertz CT molecular complexity index is 172. The van der Waals surface area contributed by atoms with Crippen LogP contribution in [0.4, 0.5) is 0 Å². The van der Waals surface area contributed by atoms with Crippen molar-refractivity contribution in [3.05, 3.63) is 11.6 Å². The second-order valence-electron chi connectivity index (χ2n) is 4.17. The van der Waals surface area contributed by atoms with Gasteiger partial charge in [0.2, 0.25) is 0 Å². The van der Waals surface area contributed by atoms with Crippen LogP contribution in [0.25, 0.3) is 0 Å². The second-order valence-corrected chi connectivity index (χ2v) is 4.17. The smallest absolute Gasteiger partial charge is 0.0602 e. The predicted molar refractivity (Wildman–Crippen MR) is 56.6 cm³/mol. The van der Waals surface area contributed by atoms with Crippen molar-refractivity contribution in [2.75, 3.05) is 0 Å². The van der Waals surface area contributed by atoms with E-state index in [0.29, 0.717) is 5.92 Å². The molecule has 1 N–H and O–H groups in total. The van der Waals surface area contributed by atoms with E-state index in [2.05, 4.69) is 19.9 Å². The quantitative estimate of drug-likeness (QED) is 0.661. The van der Waals surface area contributed by atoms with Gasteiger partial charge >= 0.3 is 0 Å². The molecule has 0 amide bonds. The molecule has 0 aromatic rings. The third-order valence-corrected chi connectivity index (χ3v) is 3.07. The molecule has 0 radical (unpaired) electrons. The molecule has 0 saturated heterocycles. The molecule has 1 heteroatoms. The minimum Gasteiger partial charge on any atom is -0.393 e. The standard InChI is InChI=1S/C12H22O/c1-3-7-12(13)10(2)11-8-5-4-6-9-11/h8,10,12-13H,3-7,9H2,1-2H3. The summed E-state index contributed by atoms with van der Waals surface area (Å²) in [6.45, 7) is 4.29. The van der Waals surface area contributed by atoms with Crippen molar-refractivity contribution in [1.82, 2.24) is 0 Å². The van der Waals surface area contributed by atoms with E-state index in [4.69, 9.17) is 0 Å². The summed E-state index contributed by atoms with van der Waals surface area (Å²) in [6.07, 6.45) is 9.33. The summed E-state index contributed by atoms with van der Waals surface area (Å²) in [5.41, 5.74) is 1.49. The lowest BCUT2D eigenvalue weighted by molar-refractivity contribution is 0.120. The zero-order valence-corrected chi connectivity index (χ0v) is 8.92. The van der Waals surface area contributed by atoms with Crippen LogP contribution < -0.4 is 0 Å². The van der Waals surface area contributed by atoms with Gasteiger partial charge in [-0.25, -0.2) is 0 Å². The van der Waals surface area contributed by atoms with Crippen LogP contribution in [0.15, 0.2) is 11.6 Å². The van der Waals surface area contributed by atoms with Gasteiger partial charge < -0.3 is 5.11 Å². The van der Waals surface area contributed by atoms with E-state index in [0.717, 1.165) is 12.8 Å². The molecule has 0 fully saturated rings. The SMILES string of the molecule is CCCC(O)C(C)C1=CCCCC1. The normalized spacial score (nSPS) is 22.2. The van der Waals surface area contributed by atoms with Gasteiger partial charge in [-0.1, -0.05) is 31.9 Å². The fraction of sp³-hybridized carbons (Fsp3) is 0.833. The van der Waals surface area contributed by atoms with Crippen molar-refractivity contribution in [2.24, 2.45) is 5.92 Å². The van der Waals surface area contributed by atoms with Crippen molar-refractivity contribution < 1.29 is 5.11 Å². The topological polar surface area (TPSA) is 20.2 Å². The fourth-order valence-corrected chi connectivity index (χ4v) is 2.07. The first-order valence-corrected chi connectivity index (χ1v) is 5.62. The Morgan fingerprint density at radius 1 is 1.46 bits per heavy atom. The Balaban J connectivity index is 2.44. The molecule has 2 unspecified atom stereocenters. The Labute approximate surface area is 81.9 Å². The molecular formula is C12H22O. The van der Waals surface area contributed by atoms with Gasteiger partial charge in [-0.3, -0.25) is 0 Å². The Morgan fingerprint density at radius 2 is 2.23 bits per heavy atom. The van der Waals surface area contributed by atoms with Gasteiger partial charge in [-0.2, -0.15) is 0 Å². The van der Waals surface area contributed by atoms with Crippen LogP contribution in [0.1, 0.15) is 52.4 Å². The summed E-state index contributed by atoms with van der Waals surface area (Å²) < 4.78 is 0. The maximum absolute atomic E-state index is 9.83. The molecule has 1 aliphatic carbocycles. The van der Waals surface area contributed by atoms with Gasteiger partial charge in [0.05, 0.1) is 6.10 Å². The largest absolute Gasteiger partial charge is 0.393 e. The van der Waals surface area contributed by atoms with Gasteiger partial charge in [-0.05, 0) is 32.1 Å². The number of rotatable bonds is 4. The molecule has 0 heterocycles. The maximum atomic E-state index is 9.83. The van der Waals surface area contributed by atoms with Crippen LogP contribution in [0.2, 0.25) is 0 Å². The number of aliphatic hydroxyl groups excluding tert-OH is 1. The molecular weight excluding hydrogens is 160 g/mol. The highest BCUT2D eigenvalue weighted by atomic mass is 16.3. The van der Waals surface area contributed by atoms with Gasteiger partial charge in [-0.15, -0.1) is 0 Å². The van der Waals surface area contributed by atoms with Crippen LogP contribution in [0.3, 0.4) is 0 Å². The van der Waals surface area contributed by atoms with E-state index < -0.39 is 0 Å². The van der Waals surface area contributed by atoms with E-state index in [-0.39, 0.29) is 6.10 Å². The van der Waals surface area contributed by atoms with E-state index in [1.54, 1.807) is 0 Å². The number of allylic oxidation sites excluding steroid dienone is 1. The highest BCUT2D eigenvalue weighted by molar-refractivity contribution is 5.09. The van der Waals surface area contributed by atoms with Gasteiger partial charge in [0, 0.05) is 5.92 Å². The zero-order chi connectivity index (χ0) is 9.68. The predicted octanol–water partition coefficient (Wildman–Crippen LogP) is 3.28. The first-order valence-electron chi connectivity index (χ1n) is 5.62. The molecule has 76 valence electrons. The van der Waals surface area contributed by atoms with Crippen LogP contribution in [-0.4, -0.2) is 11.2 Å². The average Bonchev–Trinajstić information content (AvgIpc) is 2.18. The second kappa shape index (κ2) is 5.43. The minimum absolute atomic E-state index is 0.116. The van der Waals surface area contributed by atoms with Gasteiger partial charge in [0.1, 0.15) is 0 Å². The summed E-state index contributed by atoms with van der Waals surface area (Å²) in [6, 6.07) is 0. The van der Waals surface area contributed by atoms with Gasteiger partial charge in [0.25, 0.3) is 0 Å². The van der Waals surface area contributed by atoms with Crippen molar-refractivity contribution in [1.29, 1.82) is 0 Å². The summed E-state index contributed by atoms with van der Waals surface area (Å²) in [4.78, 5) is 0. The first kappa shape index (κ1) is 10.8. The van der Waals surface area contributed by atoms with Crippen LogP contribution in [-0.2, 0) is 0 Å². The van der Waals surface area contributed by atoms with Crippen molar-refractivity contribution in [2.45, 2.75) is 58.5 Å². The fourth-order valence-electron chi connectivity index (χ4n) is 2.07. The van der Waals surface area contributed by atoms with Crippen molar-refractivity contribution >= 4 is 0 Å². The molecule has 13 heavy (non-hydrogen) atoms. The van der Waals surface area contributed by atoms with E-state index >= 15 is 0 Å². The highest BCUT2D eigenvalue weighted by Crippen LogP contribution is 2.27. The minimum atomic E-state index is -0.116. The lowest BCUT2D eigenvalue weighted by Crippen LogP contribution is -2.20. The molecule has 1 rings (SSSR count). The molecule has 1 aliphatic rings. The highest BCUT2D eigenvalue weighted by Gasteiger charge is 2.18. The monoisotopic (exact) mass is 182 g/mol. The van der Waals surface area contributed by atoms with Crippen LogP contribution in [0.5, 0.6) is 0 Å². The summed E-state index contributed by atoms with van der Waals surface area (Å²) in [7, 11) is 0. The lowest BCUT2D eigenvalue weighted by atomic mass is 9.86. The molecule has 1 nitrogen and oxygen atoms in total. The van der Waals surface area contributed by atoms with E-state index in [1.807, 2.05) is 0 Å². The Morgan fingerprint density at radius 3 is 2.77 bits per heavy atom. The van der Waals surface area contributed by atoms with Crippen LogP contribution >= 0.6 is 0 Å². The lowest BCUT2D eigenvalue weighted by Gasteiger charge is -2.24. The molecule has 0 aliphatic heterocycles. The number of hydrogen-bond donors (Lipinski definition) is 1. The Kier molecular flexibility index (Phi) is 4.51.